The second kappa shape index (κ2) is 12.9. The predicted molar refractivity (Wildman–Crippen MR) is 118 cm³/mol. The fourth-order valence-electron chi connectivity index (χ4n) is 3.49. The van der Waals surface area contributed by atoms with Crippen molar-refractivity contribution in [3.8, 4) is 5.75 Å². The third kappa shape index (κ3) is 9.61. The molecule has 28 heavy (non-hydrogen) atoms. The summed E-state index contributed by atoms with van der Waals surface area (Å²) in [6, 6.07) is 3.99. The van der Waals surface area contributed by atoms with E-state index >= 15 is 0 Å². The first kappa shape index (κ1) is 24.5. The van der Waals surface area contributed by atoms with E-state index in [0.717, 1.165) is 29.5 Å². The number of carbonyl (C=O) groups is 1. The van der Waals surface area contributed by atoms with Gasteiger partial charge in [0, 0.05) is 6.42 Å². The molecule has 160 valence electrons. The van der Waals surface area contributed by atoms with Crippen LogP contribution in [0.4, 0.5) is 0 Å². The largest absolute Gasteiger partial charge is 0.507 e. The smallest absolute Gasteiger partial charge is 0.306 e. The molecule has 0 bridgehead atoms. The van der Waals surface area contributed by atoms with E-state index in [1.54, 1.807) is 0 Å². The predicted octanol–water partition coefficient (Wildman–Crippen LogP) is 7.00. The Kier molecular flexibility index (Phi) is 11.3. The lowest BCUT2D eigenvalue weighted by atomic mass is 9.83. The summed E-state index contributed by atoms with van der Waals surface area (Å²) in [7, 11) is 0. The first-order valence-electron chi connectivity index (χ1n) is 11.2. The summed E-state index contributed by atoms with van der Waals surface area (Å²) in [5.74, 6) is 0.242. The highest BCUT2D eigenvalue weighted by Gasteiger charge is 2.20. The lowest BCUT2D eigenvalue weighted by molar-refractivity contribution is -0.143. The average molecular weight is 391 g/mol. The Morgan fingerprint density at radius 1 is 0.964 bits per heavy atom. The number of phenolic OH excluding ortho intramolecular Hbond substituents is 1. The SMILES string of the molecule is CCCCCCCCCCCOC(=O)CCc1cc(C)c(O)c(C(C)(C)C)c1. The molecule has 1 rings (SSSR count). The monoisotopic (exact) mass is 390 g/mol. The number of carbonyl (C=O) groups excluding carboxylic acids is 1. The number of aromatic hydroxyl groups is 1. The maximum Gasteiger partial charge on any atom is 0.306 e. The van der Waals surface area contributed by atoms with Crippen molar-refractivity contribution in [2.24, 2.45) is 0 Å². The normalized spacial score (nSPS) is 11.6. The number of hydrogen-bond donors (Lipinski definition) is 1. The van der Waals surface area contributed by atoms with E-state index in [-0.39, 0.29) is 11.4 Å². The number of esters is 1. The van der Waals surface area contributed by atoms with Crippen LogP contribution < -0.4 is 0 Å². The zero-order valence-electron chi connectivity index (χ0n) is 18.9. The number of hydrogen-bond acceptors (Lipinski definition) is 3. The number of phenols is 1. The minimum absolute atomic E-state index is 0.123. The van der Waals surface area contributed by atoms with E-state index < -0.39 is 0 Å². The quantitative estimate of drug-likeness (QED) is 0.291. The summed E-state index contributed by atoms with van der Waals surface area (Å²) >= 11 is 0. The van der Waals surface area contributed by atoms with Gasteiger partial charge in [0.05, 0.1) is 6.61 Å². The second-order valence-electron chi connectivity index (χ2n) is 9.11. The zero-order chi connectivity index (χ0) is 21.0. The molecule has 1 aromatic carbocycles. The second-order valence-corrected chi connectivity index (χ2v) is 9.11. The highest BCUT2D eigenvalue weighted by molar-refractivity contribution is 5.69. The molecule has 0 unspecified atom stereocenters. The summed E-state index contributed by atoms with van der Waals surface area (Å²) in [4.78, 5) is 12.0. The van der Waals surface area contributed by atoms with Gasteiger partial charge in [-0.1, -0.05) is 91.2 Å². The molecule has 0 aliphatic heterocycles. The van der Waals surface area contributed by atoms with Crippen LogP contribution in [0.5, 0.6) is 5.75 Å². The Bertz CT molecular complexity index is 584. The summed E-state index contributed by atoms with van der Waals surface area (Å²) < 4.78 is 5.39. The van der Waals surface area contributed by atoms with Crippen molar-refractivity contribution < 1.29 is 14.6 Å². The summed E-state index contributed by atoms with van der Waals surface area (Å²) in [5, 5.41) is 10.3. The van der Waals surface area contributed by atoms with E-state index in [1.165, 1.54) is 44.9 Å². The van der Waals surface area contributed by atoms with Gasteiger partial charge in [0.1, 0.15) is 5.75 Å². The van der Waals surface area contributed by atoms with Crippen LogP contribution in [-0.4, -0.2) is 17.7 Å². The van der Waals surface area contributed by atoms with E-state index in [2.05, 4.69) is 27.7 Å². The molecule has 0 spiro atoms. The molecule has 0 fully saturated rings. The molecule has 0 heterocycles. The van der Waals surface area contributed by atoms with Crippen LogP contribution in [0.25, 0.3) is 0 Å². The van der Waals surface area contributed by atoms with Crippen LogP contribution in [0.3, 0.4) is 0 Å². The number of rotatable bonds is 13. The van der Waals surface area contributed by atoms with Crippen LogP contribution in [0.2, 0.25) is 0 Å². The highest BCUT2D eigenvalue weighted by Crippen LogP contribution is 2.34. The Morgan fingerprint density at radius 3 is 2.11 bits per heavy atom. The van der Waals surface area contributed by atoms with Gasteiger partial charge in [0.2, 0.25) is 0 Å². The Balaban J connectivity index is 2.23. The molecule has 0 aliphatic carbocycles. The molecule has 0 aliphatic rings. The molecule has 0 saturated carbocycles. The minimum atomic E-state index is -0.124. The van der Waals surface area contributed by atoms with Crippen LogP contribution in [0.15, 0.2) is 12.1 Å². The first-order valence-corrected chi connectivity index (χ1v) is 11.2. The molecule has 0 atom stereocenters. The van der Waals surface area contributed by atoms with Crippen LogP contribution in [0, 0.1) is 6.92 Å². The first-order chi connectivity index (χ1) is 13.3. The molecular weight excluding hydrogens is 348 g/mol. The zero-order valence-corrected chi connectivity index (χ0v) is 18.9. The third-order valence-corrected chi connectivity index (χ3v) is 5.30. The number of benzene rings is 1. The van der Waals surface area contributed by atoms with E-state index in [1.807, 2.05) is 19.1 Å². The number of ether oxygens (including phenoxy) is 1. The van der Waals surface area contributed by atoms with E-state index in [4.69, 9.17) is 4.74 Å². The molecule has 0 radical (unpaired) electrons. The van der Waals surface area contributed by atoms with Crippen molar-refractivity contribution in [2.75, 3.05) is 6.61 Å². The van der Waals surface area contributed by atoms with Gasteiger partial charge < -0.3 is 9.84 Å². The van der Waals surface area contributed by atoms with Crippen molar-refractivity contribution in [3.05, 3.63) is 28.8 Å². The van der Waals surface area contributed by atoms with Crippen LogP contribution in [-0.2, 0) is 21.4 Å². The average Bonchev–Trinajstić information content (AvgIpc) is 2.63. The molecule has 3 nitrogen and oxygen atoms in total. The molecule has 0 amide bonds. The molecule has 0 aromatic heterocycles. The standard InChI is InChI=1S/C25H42O3/c1-6-7-8-9-10-11-12-13-14-17-28-23(26)16-15-21-18-20(2)24(27)22(19-21)25(3,4)5/h18-19,27H,6-17H2,1-5H3. The van der Waals surface area contributed by atoms with Gasteiger partial charge >= 0.3 is 5.97 Å². The Morgan fingerprint density at radius 2 is 1.54 bits per heavy atom. The van der Waals surface area contributed by atoms with Crippen molar-refractivity contribution in [1.29, 1.82) is 0 Å². The third-order valence-electron chi connectivity index (χ3n) is 5.30. The van der Waals surface area contributed by atoms with Crippen LogP contribution in [0.1, 0.15) is 109 Å². The fourth-order valence-corrected chi connectivity index (χ4v) is 3.49. The molecular formula is C25H42O3. The molecule has 0 saturated heterocycles. The van der Waals surface area contributed by atoms with Crippen molar-refractivity contribution in [3.63, 3.8) is 0 Å². The molecule has 1 aromatic rings. The number of unbranched alkanes of at least 4 members (excludes halogenated alkanes) is 8. The van der Waals surface area contributed by atoms with Gasteiger partial charge in [-0.15, -0.1) is 0 Å². The van der Waals surface area contributed by atoms with Crippen molar-refractivity contribution in [2.45, 2.75) is 111 Å². The lowest BCUT2D eigenvalue weighted by Crippen LogP contribution is -2.13. The molecule has 3 heteroatoms. The maximum absolute atomic E-state index is 12.0. The number of aryl methyl sites for hydroxylation is 2. The van der Waals surface area contributed by atoms with Crippen molar-refractivity contribution >= 4 is 5.97 Å². The Hall–Kier alpha value is -1.51. The Labute approximate surface area is 172 Å². The highest BCUT2D eigenvalue weighted by atomic mass is 16.5. The maximum atomic E-state index is 12.0. The molecule has 1 N–H and O–H groups in total. The van der Waals surface area contributed by atoms with Gasteiger partial charge in [-0.2, -0.15) is 0 Å². The van der Waals surface area contributed by atoms with Crippen molar-refractivity contribution in [1.82, 2.24) is 0 Å². The lowest BCUT2D eigenvalue weighted by Gasteiger charge is -2.22. The fraction of sp³-hybridized carbons (Fsp3) is 0.720. The van der Waals surface area contributed by atoms with Gasteiger partial charge in [-0.25, -0.2) is 0 Å². The van der Waals surface area contributed by atoms with Crippen LogP contribution >= 0.6 is 0 Å². The van der Waals surface area contributed by atoms with E-state index in [0.29, 0.717) is 25.2 Å². The topological polar surface area (TPSA) is 46.5 Å². The van der Waals surface area contributed by atoms with Gasteiger partial charge in [-0.3, -0.25) is 4.79 Å². The van der Waals surface area contributed by atoms with Gasteiger partial charge in [-0.05, 0) is 41.9 Å². The summed E-state index contributed by atoms with van der Waals surface area (Å²) in [6.45, 7) is 11.0. The summed E-state index contributed by atoms with van der Waals surface area (Å²) in [5.41, 5.74) is 2.76. The summed E-state index contributed by atoms with van der Waals surface area (Å²) in [6.07, 6.45) is 12.4. The van der Waals surface area contributed by atoms with E-state index in [9.17, 15) is 9.90 Å². The van der Waals surface area contributed by atoms with Gasteiger partial charge in [0.15, 0.2) is 0 Å². The minimum Gasteiger partial charge on any atom is -0.507 e. The van der Waals surface area contributed by atoms with Gasteiger partial charge in [0.25, 0.3) is 0 Å².